The van der Waals surface area contributed by atoms with Gasteiger partial charge in [0.05, 0.1) is 0 Å². The molecular weight excluding hydrogens is 276 g/mol. The van der Waals surface area contributed by atoms with Gasteiger partial charge in [0.1, 0.15) is 18.0 Å². The van der Waals surface area contributed by atoms with E-state index in [1.165, 1.54) is 0 Å². The van der Waals surface area contributed by atoms with Gasteiger partial charge in [-0.25, -0.2) is 13.8 Å². The van der Waals surface area contributed by atoms with Crippen LogP contribution in [0.3, 0.4) is 0 Å². The number of nitrogens with zero attached hydrogens (tertiary/aromatic N) is 1. The van der Waals surface area contributed by atoms with Crippen molar-refractivity contribution < 1.29 is 13.5 Å². The molecule has 2 rings (SSSR count). The van der Waals surface area contributed by atoms with Gasteiger partial charge in [-0.05, 0) is 24.3 Å². The van der Waals surface area contributed by atoms with E-state index in [2.05, 4.69) is 10.3 Å². The van der Waals surface area contributed by atoms with Crippen molar-refractivity contribution in [2.24, 2.45) is 10.7 Å². The third-order valence-electron chi connectivity index (χ3n) is 2.48. The zero-order valence-corrected chi connectivity index (χ0v) is 11.2. The SMILES string of the molecule is NC(=NCC(F)F)Nc1cccc(Oc2ccccc2)c1. The Morgan fingerprint density at radius 1 is 1.10 bits per heavy atom. The van der Waals surface area contributed by atoms with Gasteiger partial charge in [-0.1, -0.05) is 24.3 Å². The first kappa shape index (κ1) is 14.8. The van der Waals surface area contributed by atoms with Crippen molar-refractivity contribution >= 4 is 11.6 Å². The van der Waals surface area contributed by atoms with Crippen LogP contribution in [0.2, 0.25) is 0 Å². The van der Waals surface area contributed by atoms with Gasteiger partial charge in [0.15, 0.2) is 5.96 Å². The van der Waals surface area contributed by atoms with E-state index >= 15 is 0 Å². The van der Waals surface area contributed by atoms with Crippen molar-refractivity contribution in [3.8, 4) is 11.5 Å². The molecule has 0 saturated heterocycles. The van der Waals surface area contributed by atoms with Gasteiger partial charge < -0.3 is 15.8 Å². The highest BCUT2D eigenvalue weighted by Crippen LogP contribution is 2.23. The molecule has 2 aromatic carbocycles. The van der Waals surface area contributed by atoms with E-state index in [-0.39, 0.29) is 5.96 Å². The molecule has 0 bridgehead atoms. The molecule has 4 nitrogen and oxygen atoms in total. The fourth-order valence-corrected chi connectivity index (χ4v) is 1.62. The Kier molecular flexibility index (Phi) is 5.09. The van der Waals surface area contributed by atoms with E-state index in [4.69, 9.17) is 10.5 Å². The maximum Gasteiger partial charge on any atom is 0.257 e. The summed E-state index contributed by atoms with van der Waals surface area (Å²) in [7, 11) is 0. The first-order valence-electron chi connectivity index (χ1n) is 6.31. The van der Waals surface area contributed by atoms with Crippen molar-refractivity contribution in [3.05, 3.63) is 54.6 Å². The maximum absolute atomic E-state index is 12.0. The summed E-state index contributed by atoms with van der Waals surface area (Å²) in [4.78, 5) is 3.53. The molecule has 0 saturated carbocycles. The largest absolute Gasteiger partial charge is 0.457 e. The van der Waals surface area contributed by atoms with Gasteiger partial charge in [0, 0.05) is 11.8 Å². The third kappa shape index (κ3) is 5.10. The number of anilines is 1. The molecule has 0 heterocycles. The van der Waals surface area contributed by atoms with E-state index in [1.54, 1.807) is 24.3 Å². The first-order valence-corrected chi connectivity index (χ1v) is 6.31. The highest BCUT2D eigenvalue weighted by atomic mass is 19.3. The molecule has 0 aliphatic carbocycles. The van der Waals surface area contributed by atoms with Crippen LogP contribution in [0.1, 0.15) is 0 Å². The predicted octanol–water partition coefficient (Wildman–Crippen LogP) is 3.47. The Balaban J connectivity index is 2.02. The molecule has 110 valence electrons. The molecule has 0 aliphatic rings. The van der Waals surface area contributed by atoms with Crippen LogP contribution < -0.4 is 15.8 Å². The summed E-state index contributed by atoms with van der Waals surface area (Å²) in [5.74, 6) is 1.24. The number of alkyl halides is 2. The molecule has 0 amide bonds. The lowest BCUT2D eigenvalue weighted by molar-refractivity contribution is 0.158. The summed E-state index contributed by atoms with van der Waals surface area (Å²) in [5, 5.41) is 2.74. The smallest absolute Gasteiger partial charge is 0.257 e. The highest BCUT2D eigenvalue weighted by Gasteiger charge is 2.02. The van der Waals surface area contributed by atoms with E-state index in [1.807, 2.05) is 30.3 Å². The molecule has 21 heavy (non-hydrogen) atoms. The number of hydrogen-bond acceptors (Lipinski definition) is 2. The van der Waals surface area contributed by atoms with E-state index in [9.17, 15) is 8.78 Å². The summed E-state index contributed by atoms with van der Waals surface area (Å²) < 4.78 is 29.7. The number of benzene rings is 2. The van der Waals surface area contributed by atoms with Gasteiger partial charge in [-0.3, -0.25) is 0 Å². The average Bonchev–Trinajstić information content (AvgIpc) is 2.46. The van der Waals surface area contributed by atoms with Crippen molar-refractivity contribution in [2.45, 2.75) is 6.43 Å². The quantitative estimate of drug-likeness (QED) is 0.655. The molecule has 2 aromatic rings. The maximum atomic E-state index is 12.0. The minimum atomic E-state index is -2.52. The van der Waals surface area contributed by atoms with Crippen LogP contribution in [0.4, 0.5) is 14.5 Å². The number of para-hydroxylation sites is 1. The average molecular weight is 291 g/mol. The first-order chi connectivity index (χ1) is 10.1. The van der Waals surface area contributed by atoms with E-state index < -0.39 is 13.0 Å². The number of guanidine groups is 1. The van der Waals surface area contributed by atoms with Gasteiger partial charge in [0.25, 0.3) is 6.43 Å². The second-order valence-corrected chi connectivity index (χ2v) is 4.18. The van der Waals surface area contributed by atoms with E-state index in [0.29, 0.717) is 17.2 Å². The number of nitrogens with two attached hydrogens (primary N) is 1. The van der Waals surface area contributed by atoms with E-state index in [0.717, 1.165) is 0 Å². The molecule has 0 atom stereocenters. The summed E-state index contributed by atoms with van der Waals surface area (Å²) in [6.07, 6.45) is -2.52. The molecule has 0 fully saturated rings. The van der Waals surface area contributed by atoms with Crippen molar-refractivity contribution in [1.82, 2.24) is 0 Å². The zero-order chi connectivity index (χ0) is 15.1. The molecule has 0 radical (unpaired) electrons. The second kappa shape index (κ2) is 7.23. The van der Waals surface area contributed by atoms with Crippen LogP contribution in [0.25, 0.3) is 0 Å². The molecular formula is C15H15F2N3O. The van der Waals surface area contributed by atoms with Gasteiger partial charge in [-0.15, -0.1) is 0 Å². The predicted molar refractivity (Wildman–Crippen MR) is 79.1 cm³/mol. The molecule has 6 heteroatoms. The summed E-state index contributed by atoms with van der Waals surface area (Å²) in [6.45, 7) is -0.626. The van der Waals surface area contributed by atoms with Crippen LogP contribution in [0, 0.1) is 0 Å². The normalized spacial score (nSPS) is 11.5. The molecule has 3 N–H and O–H groups in total. The lowest BCUT2D eigenvalue weighted by Gasteiger charge is -2.09. The number of nitrogens with one attached hydrogen (secondary N) is 1. The van der Waals surface area contributed by atoms with Crippen LogP contribution in [0.15, 0.2) is 59.6 Å². The van der Waals surface area contributed by atoms with Crippen LogP contribution in [-0.4, -0.2) is 18.9 Å². The second-order valence-electron chi connectivity index (χ2n) is 4.18. The summed E-state index contributed by atoms with van der Waals surface area (Å²) >= 11 is 0. The fraction of sp³-hybridized carbons (Fsp3) is 0.133. The molecule has 0 spiro atoms. The Hall–Kier alpha value is -2.63. The summed E-state index contributed by atoms with van der Waals surface area (Å²) in [5.41, 5.74) is 6.13. The van der Waals surface area contributed by atoms with Crippen molar-refractivity contribution in [3.63, 3.8) is 0 Å². The van der Waals surface area contributed by atoms with Crippen LogP contribution in [-0.2, 0) is 0 Å². The van der Waals surface area contributed by atoms with Crippen molar-refractivity contribution in [2.75, 3.05) is 11.9 Å². The van der Waals surface area contributed by atoms with Gasteiger partial charge in [0.2, 0.25) is 0 Å². The Labute approximate surface area is 121 Å². The lowest BCUT2D eigenvalue weighted by Crippen LogP contribution is -2.23. The number of hydrogen-bond donors (Lipinski definition) is 2. The highest BCUT2D eigenvalue weighted by molar-refractivity contribution is 5.92. The molecule has 0 aliphatic heterocycles. The Morgan fingerprint density at radius 3 is 2.52 bits per heavy atom. The third-order valence-corrected chi connectivity index (χ3v) is 2.48. The molecule has 0 aromatic heterocycles. The number of aliphatic imine (C=N–C) groups is 1. The van der Waals surface area contributed by atoms with Crippen molar-refractivity contribution in [1.29, 1.82) is 0 Å². The van der Waals surface area contributed by atoms with Gasteiger partial charge in [-0.2, -0.15) is 0 Å². The zero-order valence-electron chi connectivity index (χ0n) is 11.2. The fourth-order valence-electron chi connectivity index (χ4n) is 1.62. The monoisotopic (exact) mass is 291 g/mol. The topological polar surface area (TPSA) is 59.6 Å². The molecule has 0 unspecified atom stereocenters. The lowest BCUT2D eigenvalue weighted by atomic mass is 10.3. The Morgan fingerprint density at radius 2 is 1.81 bits per heavy atom. The Bertz CT molecular complexity index is 603. The number of rotatable bonds is 5. The number of halogens is 2. The number of ether oxygens (including phenoxy) is 1. The van der Waals surface area contributed by atoms with Crippen LogP contribution >= 0.6 is 0 Å². The van der Waals surface area contributed by atoms with Gasteiger partial charge >= 0.3 is 0 Å². The summed E-state index contributed by atoms with van der Waals surface area (Å²) in [6, 6.07) is 16.3. The minimum absolute atomic E-state index is 0.0628. The van der Waals surface area contributed by atoms with Crippen LogP contribution in [0.5, 0.6) is 11.5 Å². The standard InChI is InChI=1S/C15H15F2N3O/c16-14(17)10-19-15(18)20-11-5-4-8-13(9-11)21-12-6-2-1-3-7-12/h1-9,14H,10H2,(H3,18,19,20). The minimum Gasteiger partial charge on any atom is -0.457 e.